The number of ether oxygens (including phenoxy) is 2. The van der Waals surface area contributed by atoms with Crippen LogP contribution in [-0.4, -0.2) is 64.6 Å². The SMILES string of the molecule is O=C(NC1CCN(c2ncnc3c2nc(-c2ccccc2Cl)n3-c2ccc(Cl)cc2)CC1)OCC1COC1. The van der Waals surface area contributed by atoms with Crippen LogP contribution in [0.15, 0.2) is 54.9 Å². The maximum Gasteiger partial charge on any atom is 0.407 e. The average molecular weight is 553 g/mol. The first kappa shape index (κ1) is 24.9. The van der Waals surface area contributed by atoms with Crippen molar-refractivity contribution in [2.24, 2.45) is 5.92 Å². The summed E-state index contributed by atoms with van der Waals surface area (Å²) in [5.74, 6) is 1.74. The number of carbonyl (C=O) groups is 1. The van der Waals surface area contributed by atoms with Crippen molar-refractivity contribution in [1.29, 1.82) is 0 Å². The molecule has 196 valence electrons. The van der Waals surface area contributed by atoms with Crippen LogP contribution in [-0.2, 0) is 9.47 Å². The lowest BCUT2D eigenvalue weighted by Crippen LogP contribution is -2.45. The Hall–Kier alpha value is -3.40. The van der Waals surface area contributed by atoms with Gasteiger partial charge in [-0.2, -0.15) is 0 Å². The summed E-state index contributed by atoms with van der Waals surface area (Å²) in [6.07, 6.45) is 2.73. The van der Waals surface area contributed by atoms with Gasteiger partial charge < -0.3 is 19.7 Å². The van der Waals surface area contributed by atoms with Gasteiger partial charge >= 0.3 is 6.09 Å². The van der Waals surface area contributed by atoms with Crippen LogP contribution in [0.2, 0.25) is 10.0 Å². The molecule has 2 fully saturated rings. The van der Waals surface area contributed by atoms with Crippen LogP contribution in [0.5, 0.6) is 0 Å². The highest BCUT2D eigenvalue weighted by Gasteiger charge is 2.27. The lowest BCUT2D eigenvalue weighted by atomic mass is 10.1. The molecular weight excluding hydrogens is 527 g/mol. The van der Waals surface area contributed by atoms with Gasteiger partial charge in [0.15, 0.2) is 17.0 Å². The summed E-state index contributed by atoms with van der Waals surface area (Å²) in [5, 5.41) is 4.23. The van der Waals surface area contributed by atoms with Crippen LogP contribution < -0.4 is 10.2 Å². The predicted octanol–water partition coefficient (Wildman–Crippen LogP) is 5.13. The van der Waals surface area contributed by atoms with Crippen LogP contribution in [0, 0.1) is 5.92 Å². The molecule has 4 aromatic rings. The first-order chi connectivity index (χ1) is 18.6. The van der Waals surface area contributed by atoms with E-state index in [1.165, 1.54) is 0 Å². The molecule has 2 saturated heterocycles. The number of rotatable bonds is 6. The molecule has 0 aliphatic carbocycles. The first-order valence-corrected chi connectivity index (χ1v) is 13.3. The molecule has 0 saturated carbocycles. The van der Waals surface area contributed by atoms with Crippen molar-refractivity contribution >= 4 is 46.3 Å². The topological polar surface area (TPSA) is 94.4 Å². The quantitative estimate of drug-likeness (QED) is 0.354. The van der Waals surface area contributed by atoms with E-state index in [9.17, 15) is 4.79 Å². The van der Waals surface area contributed by atoms with E-state index in [0.717, 1.165) is 29.9 Å². The summed E-state index contributed by atoms with van der Waals surface area (Å²) in [5.41, 5.74) is 3.02. The summed E-state index contributed by atoms with van der Waals surface area (Å²) in [7, 11) is 0. The average Bonchev–Trinajstić information content (AvgIpc) is 3.28. The maximum atomic E-state index is 12.2. The molecule has 6 rings (SSSR count). The molecular formula is C27H26Cl2N6O3. The second-order valence-corrected chi connectivity index (χ2v) is 10.3. The van der Waals surface area contributed by atoms with Gasteiger partial charge in [0.05, 0.1) is 18.2 Å². The number of amides is 1. The number of aromatic nitrogens is 4. The number of carbonyl (C=O) groups excluding carboxylic acids is 1. The van der Waals surface area contributed by atoms with Crippen molar-refractivity contribution < 1.29 is 14.3 Å². The highest BCUT2D eigenvalue weighted by atomic mass is 35.5. The van der Waals surface area contributed by atoms with Crippen LogP contribution >= 0.6 is 23.2 Å². The molecule has 2 aliphatic heterocycles. The summed E-state index contributed by atoms with van der Waals surface area (Å²) in [6.45, 7) is 3.13. The van der Waals surface area contributed by atoms with Crippen molar-refractivity contribution in [3.63, 3.8) is 0 Å². The minimum atomic E-state index is -0.370. The van der Waals surface area contributed by atoms with Gasteiger partial charge in [0.1, 0.15) is 18.8 Å². The van der Waals surface area contributed by atoms with E-state index in [2.05, 4.69) is 20.2 Å². The number of halogens is 2. The predicted molar refractivity (Wildman–Crippen MR) is 146 cm³/mol. The zero-order chi connectivity index (χ0) is 26.1. The van der Waals surface area contributed by atoms with Gasteiger partial charge in [-0.25, -0.2) is 19.7 Å². The van der Waals surface area contributed by atoms with Gasteiger partial charge in [-0.15, -0.1) is 0 Å². The second kappa shape index (κ2) is 10.8. The van der Waals surface area contributed by atoms with Crippen LogP contribution in [0.25, 0.3) is 28.2 Å². The Labute approximate surface area is 229 Å². The molecule has 0 spiro atoms. The Balaban J connectivity index is 1.27. The van der Waals surface area contributed by atoms with Gasteiger partial charge in [0, 0.05) is 41.3 Å². The number of anilines is 1. The molecule has 38 heavy (non-hydrogen) atoms. The number of piperidine rings is 1. The lowest BCUT2D eigenvalue weighted by Gasteiger charge is -2.33. The van der Waals surface area contributed by atoms with Crippen molar-refractivity contribution in [2.45, 2.75) is 18.9 Å². The number of nitrogens with zero attached hydrogens (tertiary/aromatic N) is 5. The number of alkyl carbamates (subject to hydrolysis) is 1. The normalized spacial score (nSPS) is 16.4. The minimum absolute atomic E-state index is 0.0408. The van der Waals surface area contributed by atoms with Gasteiger partial charge in [0.25, 0.3) is 0 Å². The largest absolute Gasteiger partial charge is 0.449 e. The maximum absolute atomic E-state index is 12.2. The zero-order valence-electron chi connectivity index (χ0n) is 20.5. The zero-order valence-corrected chi connectivity index (χ0v) is 22.0. The molecule has 1 N–H and O–H groups in total. The number of fused-ring (bicyclic) bond motifs is 1. The van der Waals surface area contributed by atoms with E-state index in [1.54, 1.807) is 6.33 Å². The van der Waals surface area contributed by atoms with E-state index < -0.39 is 0 Å². The summed E-state index contributed by atoms with van der Waals surface area (Å²) in [4.78, 5) is 28.6. The third-order valence-electron chi connectivity index (χ3n) is 6.90. The van der Waals surface area contributed by atoms with E-state index in [-0.39, 0.29) is 12.1 Å². The molecule has 11 heteroatoms. The van der Waals surface area contributed by atoms with Crippen LogP contribution in [0.3, 0.4) is 0 Å². The molecule has 0 radical (unpaired) electrons. The summed E-state index contributed by atoms with van der Waals surface area (Å²) in [6, 6.07) is 15.2. The van der Waals surface area contributed by atoms with E-state index in [4.69, 9.17) is 37.7 Å². The number of hydrogen-bond donors (Lipinski definition) is 1. The Morgan fingerprint density at radius 2 is 1.82 bits per heavy atom. The van der Waals surface area contributed by atoms with Crippen molar-refractivity contribution in [1.82, 2.24) is 24.8 Å². The lowest BCUT2D eigenvalue weighted by molar-refractivity contribution is -0.0581. The standard InChI is InChI=1S/C27H26Cl2N6O3/c28-18-5-7-20(8-6-18)35-24(21-3-1-2-4-22(21)29)33-23-25(30-16-31-26(23)35)34-11-9-19(10-12-34)32-27(36)38-15-17-13-37-14-17/h1-8,16-17,19H,9-15H2,(H,32,36). The molecule has 2 aromatic heterocycles. The Bertz CT molecular complexity index is 1450. The molecule has 0 bridgehead atoms. The fraction of sp³-hybridized carbons (Fsp3) is 0.333. The van der Waals surface area contributed by atoms with E-state index in [1.807, 2.05) is 53.1 Å². The van der Waals surface area contributed by atoms with Crippen molar-refractivity contribution in [3.8, 4) is 17.1 Å². The smallest absolute Gasteiger partial charge is 0.407 e. The Kier molecular flexibility index (Phi) is 7.06. The molecule has 0 unspecified atom stereocenters. The van der Waals surface area contributed by atoms with E-state index in [0.29, 0.717) is 65.9 Å². The fourth-order valence-corrected chi connectivity index (χ4v) is 5.13. The summed E-state index contributed by atoms with van der Waals surface area (Å²) < 4.78 is 12.4. The van der Waals surface area contributed by atoms with Crippen LogP contribution in [0.4, 0.5) is 10.6 Å². The van der Waals surface area contributed by atoms with Crippen molar-refractivity contribution in [3.05, 3.63) is 64.9 Å². The molecule has 0 atom stereocenters. The first-order valence-electron chi connectivity index (χ1n) is 12.6. The fourth-order valence-electron chi connectivity index (χ4n) is 4.79. The summed E-state index contributed by atoms with van der Waals surface area (Å²) >= 11 is 12.8. The monoisotopic (exact) mass is 552 g/mol. The second-order valence-electron chi connectivity index (χ2n) is 9.50. The third-order valence-corrected chi connectivity index (χ3v) is 7.48. The van der Waals surface area contributed by atoms with Crippen LogP contribution in [0.1, 0.15) is 12.8 Å². The minimum Gasteiger partial charge on any atom is -0.449 e. The highest BCUT2D eigenvalue weighted by molar-refractivity contribution is 6.33. The third kappa shape index (κ3) is 5.01. The Morgan fingerprint density at radius 3 is 2.53 bits per heavy atom. The van der Waals surface area contributed by atoms with Gasteiger partial charge in [0.2, 0.25) is 0 Å². The molecule has 9 nitrogen and oxygen atoms in total. The molecule has 2 aromatic carbocycles. The number of hydrogen-bond acceptors (Lipinski definition) is 7. The van der Waals surface area contributed by atoms with E-state index >= 15 is 0 Å². The highest BCUT2D eigenvalue weighted by Crippen LogP contribution is 2.35. The van der Waals surface area contributed by atoms with Crippen molar-refractivity contribution in [2.75, 3.05) is 37.8 Å². The number of benzene rings is 2. The van der Waals surface area contributed by atoms with Gasteiger partial charge in [-0.05, 0) is 49.2 Å². The number of nitrogens with one attached hydrogen (secondary N) is 1. The van der Waals surface area contributed by atoms with Gasteiger partial charge in [-0.1, -0.05) is 35.3 Å². The Morgan fingerprint density at radius 1 is 1.05 bits per heavy atom. The molecule has 1 amide bonds. The number of imidazole rings is 1. The molecule has 4 heterocycles. The van der Waals surface area contributed by atoms with Gasteiger partial charge in [-0.3, -0.25) is 4.57 Å². The molecule has 2 aliphatic rings.